The minimum atomic E-state index is -0.833. The number of nitrogens with zero attached hydrogens (tertiary/aromatic N) is 3. The van der Waals surface area contributed by atoms with Crippen LogP contribution in [0, 0.1) is 5.92 Å². The Hall–Kier alpha value is -1.03. The molecule has 0 aromatic rings. The van der Waals surface area contributed by atoms with Crippen LogP contribution in [-0.2, 0) is 4.79 Å². The minimum Gasteiger partial charge on any atom is -0.350 e. The minimum absolute atomic E-state index is 0.0167. The lowest BCUT2D eigenvalue weighted by atomic mass is 9.90. The number of alkyl halides is 1. The van der Waals surface area contributed by atoms with Crippen LogP contribution in [-0.4, -0.2) is 96.9 Å². The maximum Gasteiger partial charge on any atom is 0.228 e. The summed E-state index contributed by atoms with van der Waals surface area (Å²) in [6.07, 6.45) is 8.82. The Kier molecular flexibility index (Phi) is 14.6. The lowest BCUT2D eigenvalue weighted by Gasteiger charge is -2.47. The molecule has 0 aromatic carbocycles. The maximum absolute atomic E-state index is 14.0. The number of carbonyl (C=O) groups excluding carboxylic acids is 1. The summed E-state index contributed by atoms with van der Waals surface area (Å²) >= 11 is 6.36. The van der Waals surface area contributed by atoms with E-state index in [4.69, 9.17) is 28.1 Å². The fraction of sp³-hybridized carbons (Fsp3) is 0.857. The molecule has 9 heteroatoms. The highest BCUT2D eigenvalue weighted by atomic mass is 35.5. The number of hydrogen-bond acceptors (Lipinski definition) is 7. The van der Waals surface area contributed by atoms with Gasteiger partial charge in [-0.3, -0.25) is 19.6 Å². The second-order valence-electron chi connectivity index (χ2n) is 10.6. The number of rotatable bonds is 14. The number of carbonyl (C=O) groups is 1. The Balaban J connectivity index is 2.34. The summed E-state index contributed by atoms with van der Waals surface area (Å²) in [7, 11) is 0. The van der Waals surface area contributed by atoms with Crippen molar-refractivity contribution in [1.29, 1.82) is 0 Å². The molecule has 5 unspecified atom stereocenters. The standard InChI is InChI=1S/C28H54ClN7O/c1-6-20(7-2)17-23(33-18-21(29)8-3)26(27(30)31)28(37)34-24-19-36(22(9-4)10-5)14-11-25(24)35-15-12-32-13-16-35/h17-18,21-27,32H,6-16,19,30-31H2,1-5H3,(H,34,37). The monoisotopic (exact) mass is 539 g/mol. The molecule has 1 amide bonds. The van der Waals surface area contributed by atoms with Crippen molar-refractivity contribution in [1.82, 2.24) is 20.4 Å². The van der Waals surface area contributed by atoms with Crippen LogP contribution in [0.15, 0.2) is 16.6 Å². The number of piperidine rings is 1. The fourth-order valence-electron chi connectivity index (χ4n) is 5.80. The zero-order valence-electron chi connectivity index (χ0n) is 24.0. The van der Waals surface area contributed by atoms with Crippen LogP contribution in [0.25, 0.3) is 0 Å². The van der Waals surface area contributed by atoms with Gasteiger partial charge in [-0.2, -0.15) is 0 Å². The second-order valence-corrected chi connectivity index (χ2v) is 11.1. The van der Waals surface area contributed by atoms with Gasteiger partial charge in [0.25, 0.3) is 0 Å². The highest BCUT2D eigenvalue weighted by molar-refractivity contribution is 6.28. The molecule has 2 aliphatic heterocycles. The first-order chi connectivity index (χ1) is 17.8. The number of likely N-dealkylation sites (tertiary alicyclic amines) is 1. The lowest BCUT2D eigenvalue weighted by Crippen LogP contribution is -2.65. The van der Waals surface area contributed by atoms with Gasteiger partial charge < -0.3 is 22.1 Å². The van der Waals surface area contributed by atoms with Crippen molar-refractivity contribution in [2.24, 2.45) is 22.4 Å². The summed E-state index contributed by atoms with van der Waals surface area (Å²) in [6.45, 7) is 16.6. The van der Waals surface area contributed by atoms with Gasteiger partial charge >= 0.3 is 0 Å². The molecule has 2 rings (SSSR count). The summed E-state index contributed by atoms with van der Waals surface area (Å²) in [6, 6.07) is 0.405. The largest absolute Gasteiger partial charge is 0.350 e. The van der Waals surface area contributed by atoms with E-state index in [9.17, 15) is 4.79 Å². The molecule has 0 spiro atoms. The van der Waals surface area contributed by atoms with Gasteiger partial charge in [-0.05, 0) is 38.5 Å². The van der Waals surface area contributed by atoms with E-state index in [-0.39, 0.29) is 17.3 Å². The maximum atomic E-state index is 14.0. The van der Waals surface area contributed by atoms with Gasteiger partial charge in [-0.1, -0.05) is 46.3 Å². The third kappa shape index (κ3) is 9.59. The van der Waals surface area contributed by atoms with Crippen LogP contribution in [0.2, 0.25) is 0 Å². The van der Waals surface area contributed by atoms with Crippen LogP contribution in [0.1, 0.15) is 73.1 Å². The first kappa shape index (κ1) is 32.2. The van der Waals surface area contributed by atoms with Crippen molar-refractivity contribution < 1.29 is 4.79 Å². The van der Waals surface area contributed by atoms with Crippen LogP contribution < -0.4 is 22.1 Å². The van der Waals surface area contributed by atoms with E-state index >= 15 is 0 Å². The molecule has 2 aliphatic rings. The fourth-order valence-corrected chi connectivity index (χ4v) is 5.86. The predicted octanol–water partition coefficient (Wildman–Crippen LogP) is 2.70. The van der Waals surface area contributed by atoms with Gasteiger partial charge in [0.05, 0.1) is 29.5 Å². The smallest absolute Gasteiger partial charge is 0.228 e. The highest BCUT2D eigenvalue weighted by Gasteiger charge is 2.39. The molecular weight excluding hydrogens is 486 g/mol. The van der Waals surface area contributed by atoms with E-state index in [1.54, 1.807) is 6.21 Å². The first-order valence-electron chi connectivity index (χ1n) is 14.7. The number of hydrogen-bond donors (Lipinski definition) is 4. The van der Waals surface area contributed by atoms with Gasteiger partial charge in [-0.25, -0.2) is 0 Å². The van der Waals surface area contributed by atoms with Gasteiger partial charge in [0, 0.05) is 57.6 Å². The SMILES string of the molecule is CCC(=CC(N=CC(Cl)CC)C(C(=O)NC1CN(C(CC)CC)CCC1N1CCNCC1)C(N)N)CC. The average Bonchev–Trinajstić information content (AvgIpc) is 2.90. The first-order valence-corrected chi connectivity index (χ1v) is 15.1. The van der Waals surface area contributed by atoms with E-state index in [0.717, 1.165) is 77.8 Å². The van der Waals surface area contributed by atoms with E-state index in [0.29, 0.717) is 12.1 Å². The Morgan fingerprint density at radius 3 is 2.27 bits per heavy atom. The van der Waals surface area contributed by atoms with Gasteiger partial charge in [0.2, 0.25) is 5.91 Å². The summed E-state index contributed by atoms with van der Waals surface area (Å²) in [5.74, 6) is -0.781. The van der Waals surface area contributed by atoms with Crippen molar-refractivity contribution in [2.45, 2.75) is 109 Å². The van der Waals surface area contributed by atoms with E-state index in [1.165, 1.54) is 5.57 Å². The van der Waals surface area contributed by atoms with Crippen molar-refractivity contribution in [2.75, 3.05) is 39.3 Å². The molecule has 0 radical (unpaired) electrons. The Bertz CT molecular complexity index is 715. The van der Waals surface area contributed by atoms with Gasteiger partial charge in [-0.15, -0.1) is 11.6 Å². The van der Waals surface area contributed by atoms with E-state index < -0.39 is 18.1 Å². The highest BCUT2D eigenvalue weighted by Crippen LogP contribution is 2.24. The number of halogens is 1. The number of amides is 1. The number of nitrogens with one attached hydrogen (secondary N) is 2. The molecule has 5 atom stereocenters. The molecule has 8 nitrogen and oxygen atoms in total. The summed E-state index contributed by atoms with van der Waals surface area (Å²) in [4.78, 5) is 23.8. The lowest BCUT2D eigenvalue weighted by molar-refractivity contribution is -0.127. The Morgan fingerprint density at radius 2 is 1.73 bits per heavy atom. The van der Waals surface area contributed by atoms with Gasteiger partial charge in [0.15, 0.2) is 0 Å². The zero-order chi connectivity index (χ0) is 27.4. The molecule has 214 valence electrons. The number of piperazine rings is 1. The third-order valence-electron chi connectivity index (χ3n) is 8.22. The summed E-state index contributed by atoms with van der Waals surface area (Å²) in [5.41, 5.74) is 13.8. The Morgan fingerprint density at radius 1 is 1.08 bits per heavy atom. The van der Waals surface area contributed by atoms with Crippen LogP contribution in [0.3, 0.4) is 0 Å². The van der Waals surface area contributed by atoms with Crippen LogP contribution in [0.4, 0.5) is 0 Å². The number of nitrogens with two attached hydrogens (primary N) is 2. The van der Waals surface area contributed by atoms with Crippen LogP contribution >= 0.6 is 11.6 Å². The van der Waals surface area contributed by atoms with E-state index in [1.807, 2.05) is 6.92 Å². The molecule has 0 aliphatic carbocycles. The second kappa shape index (κ2) is 16.8. The quantitative estimate of drug-likeness (QED) is 0.117. The molecule has 0 bridgehead atoms. The normalized spacial score (nSPS) is 24.4. The van der Waals surface area contributed by atoms with Crippen molar-refractivity contribution >= 4 is 23.7 Å². The van der Waals surface area contributed by atoms with E-state index in [2.05, 4.69) is 54.2 Å². The van der Waals surface area contributed by atoms with Crippen LogP contribution in [0.5, 0.6) is 0 Å². The van der Waals surface area contributed by atoms with Crippen molar-refractivity contribution in [3.63, 3.8) is 0 Å². The topological polar surface area (TPSA) is 112 Å². The van der Waals surface area contributed by atoms with Crippen molar-refractivity contribution in [3.8, 4) is 0 Å². The molecule has 2 heterocycles. The Labute approximate surface area is 231 Å². The molecule has 37 heavy (non-hydrogen) atoms. The number of aliphatic imine (C=N–C) groups is 1. The zero-order valence-corrected chi connectivity index (χ0v) is 24.7. The average molecular weight is 540 g/mol. The summed E-state index contributed by atoms with van der Waals surface area (Å²) in [5, 5.41) is 6.70. The van der Waals surface area contributed by atoms with Crippen molar-refractivity contribution in [3.05, 3.63) is 11.6 Å². The summed E-state index contributed by atoms with van der Waals surface area (Å²) < 4.78 is 0. The predicted molar refractivity (Wildman–Crippen MR) is 157 cm³/mol. The molecule has 0 aromatic heterocycles. The molecular formula is C28H54ClN7O. The molecule has 2 fully saturated rings. The number of allylic oxidation sites excluding steroid dienone is 1. The third-order valence-corrected chi connectivity index (χ3v) is 8.65. The molecule has 2 saturated heterocycles. The van der Waals surface area contributed by atoms with Gasteiger partial charge in [0.1, 0.15) is 0 Å². The molecule has 0 saturated carbocycles. The molecule has 6 N–H and O–H groups in total.